The van der Waals surface area contributed by atoms with Gasteiger partial charge in [-0.15, -0.1) is 0 Å². The van der Waals surface area contributed by atoms with Gasteiger partial charge >= 0.3 is 0 Å². The second kappa shape index (κ2) is 16.6. The number of sulfonamides is 1. The fourth-order valence-electron chi connectivity index (χ4n) is 5.32. The molecule has 2 aromatic heterocycles. The van der Waals surface area contributed by atoms with E-state index in [1.807, 2.05) is 0 Å². The van der Waals surface area contributed by atoms with Crippen LogP contribution in [0.25, 0.3) is 11.4 Å². The quantitative estimate of drug-likeness (QED) is 0.0997. The molecule has 0 saturated heterocycles. The second-order valence-corrected chi connectivity index (χ2v) is 13.3. The highest BCUT2D eigenvalue weighted by atomic mass is 32.2. The summed E-state index contributed by atoms with van der Waals surface area (Å²) in [5, 5.41) is 0. The van der Waals surface area contributed by atoms with Crippen molar-refractivity contribution in [3.05, 3.63) is 131 Å². The number of nitrogens with zero attached hydrogens (tertiary/aromatic N) is 4. The number of hydrogen-bond donors (Lipinski definition) is 1. The van der Waals surface area contributed by atoms with E-state index >= 15 is 0 Å². The summed E-state index contributed by atoms with van der Waals surface area (Å²) in [7, 11) is -4.03. The van der Waals surface area contributed by atoms with Gasteiger partial charge in [-0.1, -0.05) is 92.9 Å². The van der Waals surface area contributed by atoms with Crippen LogP contribution in [-0.4, -0.2) is 58.4 Å². The van der Waals surface area contributed by atoms with E-state index in [9.17, 15) is 27.6 Å². The van der Waals surface area contributed by atoms with Crippen molar-refractivity contribution in [2.24, 2.45) is 0 Å². The van der Waals surface area contributed by atoms with E-state index in [4.69, 9.17) is 4.74 Å². The van der Waals surface area contributed by atoms with Gasteiger partial charge < -0.3 is 9.64 Å². The van der Waals surface area contributed by atoms with Crippen molar-refractivity contribution < 1.29 is 27.5 Å². The summed E-state index contributed by atoms with van der Waals surface area (Å²) in [6.07, 6.45) is 8.42. The molecule has 0 bridgehead atoms. The number of carbonyl (C=O) groups excluding carboxylic acids is 3. The van der Waals surface area contributed by atoms with E-state index in [0.717, 1.165) is 36.1 Å². The highest BCUT2D eigenvalue weighted by Crippen LogP contribution is 2.22. The maximum atomic E-state index is 14.2. The van der Waals surface area contributed by atoms with Crippen LogP contribution in [0.5, 0.6) is 5.88 Å². The fraction of sp³-hybridized carbons (Fsp3) is 0.243. The van der Waals surface area contributed by atoms with Crippen molar-refractivity contribution in [2.75, 3.05) is 17.8 Å². The summed E-state index contributed by atoms with van der Waals surface area (Å²) < 4.78 is 35.5. The SMILES string of the molecule is CCCCCCN(CC1=C(Oc2ccccn2)C=CC(=O)C1=O)C(=O)Cn1c(-c2ccccc2)ncc(NS(=O)(=O)Cc2ccccc2)c1=O. The van der Waals surface area contributed by atoms with E-state index in [1.54, 1.807) is 78.9 Å². The number of ether oxygens (including phenoxy) is 1. The van der Waals surface area contributed by atoms with E-state index in [2.05, 4.69) is 21.6 Å². The molecule has 0 atom stereocenters. The molecule has 0 aliphatic heterocycles. The number of anilines is 1. The molecule has 0 spiro atoms. The zero-order valence-electron chi connectivity index (χ0n) is 27.5. The lowest BCUT2D eigenvalue weighted by Gasteiger charge is -2.26. The average molecular weight is 696 g/mol. The molecule has 1 aliphatic rings. The highest BCUT2D eigenvalue weighted by molar-refractivity contribution is 7.91. The molecular weight excluding hydrogens is 659 g/mol. The zero-order valence-corrected chi connectivity index (χ0v) is 28.3. The number of ketones is 2. The van der Waals surface area contributed by atoms with Gasteiger partial charge in [-0.3, -0.25) is 28.5 Å². The van der Waals surface area contributed by atoms with Crippen molar-refractivity contribution in [1.82, 2.24) is 19.4 Å². The van der Waals surface area contributed by atoms with Gasteiger partial charge in [-0.25, -0.2) is 18.4 Å². The summed E-state index contributed by atoms with van der Waals surface area (Å²) in [6.45, 7) is 1.48. The number of Topliss-reactive ketones (excluding diaryl/α,β-unsaturated/α-hetero) is 1. The van der Waals surface area contributed by atoms with Gasteiger partial charge in [0.05, 0.1) is 24.1 Å². The minimum absolute atomic E-state index is 0.0248. The Morgan fingerprint density at radius 3 is 2.30 bits per heavy atom. The molecule has 0 unspecified atom stereocenters. The second-order valence-electron chi connectivity index (χ2n) is 11.6. The maximum Gasteiger partial charge on any atom is 0.278 e. The van der Waals surface area contributed by atoms with Crippen LogP contribution in [0, 0.1) is 0 Å². The first-order chi connectivity index (χ1) is 24.1. The van der Waals surface area contributed by atoms with Crippen molar-refractivity contribution in [1.29, 1.82) is 0 Å². The maximum absolute atomic E-state index is 14.2. The predicted molar refractivity (Wildman–Crippen MR) is 188 cm³/mol. The Labute approximate surface area is 290 Å². The number of rotatable bonds is 16. The van der Waals surface area contributed by atoms with Crippen molar-refractivity contribution in [3.8, 4) is 17.3 Å². The van der Waals surface area contributed by atoms with Gasteiger partial charge in [0.2, 0.25) is 33.4 Å². The molecule has 4 aromatic rings. The average Bonchev–Trinajstić information content (AvgIpc) is 3.11. The monoisotopic (exact) mass is 695 g/mol. The molecule has 1 aliphatic carbocycles. The van der Waals surface area contributed by atoms with Crippen LogP contribution in [-0.2, 0) is 36.7 Å². The number of allylic oxidation sites excluding steroid dienone is 2. The highest BCUT2D eigenvalue weighted by Gasteiger charge is 2.30. The molecule has 1 N–H and O–H groups in total. The predicted octanol–water partition coefficient (Wildman–Crippen LogP) is 4.70. The van der Waals surface area contributed by atoms with Gasteiger partial charge in [0.15, 0.2) is 0 Å². The summed E-state index contributed by atoms with van der Waals surface area (Å²) >= 11 is 0. The number of nitrogens with one attached hydrogen (secondary N) is 1. The molecule has 1 amide bonds. The molecule has 5 rings (SSSR count). The normalized spacial score (nSPS) is 13.0. The van der Waals surface area contributed by atoms with Crippen LogP contribution in [0.4, 0.5) is 5.69 Å². The number of amides is 1. The van der Waals surface area contributed by atoms with Crippen LogP contribution >= 0.6 is 0 Å². The van der Waals surface area contributed by atoms with Gasteiger partial charge in [0.1, 0.15) is 23.8 Å². The molecular formula is C37H37N5O7S. The van der Waals surface area contributed by atoms with E-state index in [-0.39, 0.29) is 47.6 Å². The smallest absolute Gasteiger partial charge is 0.278 e. The zero-order chi connectivity index (χ0) is 35.5. The lowest BCUT2D eigenvalue weighted by molar-refractivity contribution is -0.133. The lowest BCUT2D eigenvalue weighted by atomic mass is 10.00. The van der Waals surface area contributed by atoms with Gasteiger partial charge in [-0.2, -0.15) is 0 Å². The largest absolute Gasteiger partial charge is 0.439 e. The number of aromatic nitrogens is 3. The summed E-state index contributed by atoms with van der Waals surface area (Å²) in [4.78, 5) is 63.8. The van der Waals surface area contributed by atoms with Gasteiger partial charge in [0.25, 0.3) is 5.56 Å². The van der Waals surface area contributed by atoms with Gasteiger partial charge in [-0.05, 0) is 30.2 Å². The molecule has 12 nitrogen and oxygen atoms in total. The molecule has 2 aromatic carbocycles. The van der Waals surface area contributed by atoms with Crippen LogP contribution in [0.3, 0.4) is 0 Å². The van der Waals surface area contributed by atoms with Crippen LogP contribution in [0.15, 0.2) is 120 Å². The molecule has 50 heavy (non-hydrogen) atoms. The minimum Gasteiger partial charge on any atom is -0.439 e. The Bertz CT molecular complexity index is 2060. The number of pyridine rings is 1. The first kappa shape index (κ1) is 35.6. The Hall–Kier alpha value is -5.69. The van der Waals surface area contributed by atoms with Crippen molar-refractivity contribution in [3.63, 3.8) is 0 Å². The third-order valence-corrected chi connectivity index (χ3v) is 9.10. The van der Waals surface area contributed by atoms with Crippen LogP contribution < -0.4 is 15.0 Å². The summed E-state index contributed by atoms with van der Waals surface area (Å²) in [5.41, 5.74) is -0.0788. The van der Waals surface area contributed by atoms with Crippen molar-refractivity contribution >= 4 is 33.2 Å². The molecule has 258 valence electrons. The third kappa shape index (κ3) is 9.26. The van der Waals surface area contributed by atoms with Gasteiger partial charge in [0, 0.05) is 24.4 Å². The topological polar surface area (TPSA) is 158 Å². The molecule has 13 heteroatoms. The van der Waals surface area contributed by atoms with Crippen molar-refractivity contribution in [2.45, 2.75) is 44.9 Å². The Morgan fingerprint density at radius 2 is 1.60 bits per heavy atom. The molecule has 0 radical (unpaired) electrons. The lowest BCUT2D eigenvalue weighted by Crippen LogP contribution is -2.41. The van der Waals surface area contributed by atoms with Crippen LogP contribution in [0.2, 0.25) is 0 Å². The summed E-state index contributed by atoms with van der Waals surface area (Å²) in [5.74, 6) is -2.07. The van der Waals surface area contributed by atoms with E-state index in [0.29, 0.717) is 17.5 Å². The van der Waals surface area contributed by atoms with E-state index < -0.39 is 39.6 Å². The number of benzene rings is 2. The standard InChI is InChI=1S/C37H37N5O7S/c1-2-3-4-13-22-41(24-29-32(20-19-31(43)35(29)45)49-33-18-11-12-21-38-33)34(44)25-42-36(28-16-9-6-10-17-28)39-23-30(37(42)46)40-50(47,48)26-27-14-7-5-8-15-27/h5-12,14-21,23,40H,2-4,13,22,24-26H2,1H3. The Morgan fingerprint density at radius 1 is 0.880 bits per heavy atom. The number of unbranched alkanes of at least 4 members (excludes halogenated alkanes) is 3. The number of hydrogen-bond acceptors (Lipinski definition) is 9. The summed E-state index contributed by atoms with van der Waals surface area (Å²) in [6, 6.07) is 22.2. The Balaban J connectivity index is 1.50. The number of carbonyl (C=O) groups is 3. The fourth-order valence-corrected chi connectivity index (χ4v) is 6.50. The first-order valence-corrected chi connectivity index (χ1v) is 17.9. The first-order valence-electron chi connectivity index (χ1n) is 16.2. The third-order valence-electron chi connectivity index (χ3n) is 7.85. The van der Waals surface area contributed by atoms with Crippen LogP contribution in [0.1, 0.15) is 38.2 Å². The molecule has 2 heterocycles. The Kier molecular flexibility index (Phi) is 11.8. The molecule has 0 fully saturated rings. The minimum atomic E-state index is -4.03. The molecule has 0 saturated carbocycles. The van der Waals surface area contributed by atoms with E-state index in [1.165, 1.54) is 17.2 Å².